The Balaban J connectivity index is 3.25. The summed E-state index contributed by atoms with van der Waals surface area (Å²) in [6.07, 6.45) is 0. The second kappa shape index (κ2) is 5.77. The molecule has 0 aliphatic carbocycles. The number of carbonyl (C=O) groups excluding carboxylic acids is 1. The molecule has 1 aromatic carbocycles. The van der Waals surface area contributed by atoms with Gasteiger partial charge in [0.25, 0.3) is 0 Å². The van der Waals surface area contributed by atoms with Gasteiger partial charge in [0.05, 0.1) is 19.9 Å². The van der Waals surface area contributed by atoms with Crippen molar-refractivity contribution in [3.8, 4) is 11.5 Å². The summed E-state index contributed by atoms with van der Waals surface area (Å²) < 4.78 is 10.5. The molecule has 0 aliphatic rings. The lowest BCUT2D eigenvalue weighted by Gasteiger charge is -2.21. The van der Waals surface area contributed by atoms with Crippen LogP contribution in [0.5, 0.6) is 11.5 Å². The normalized spacial score (nSPS) is 9.94. The third-order valence-electron chi connectivity index (χ3n) is 2.61. The molecule has 5 heteroatoms. The number of methoxy groups -OCH3 is 2. The second-order valence-corrected chi connectivity index (χ2v) is 3.80. The highest BCUT2D eigenvalue weighted by molar-refractivity contribution is 6.29. The third kappa shape index (κ3) is 2.64. The molecule has 0 fully saturated rings. The number of anilines is 1. The van der Waals surface area contributed by atoms with Gasteiger partial charge < -0.3 is 14.4 Å². The number of carbonyl (C=O) groups is 1. The average molecular weight is 258 g/mol. The second-order valence-electron chi connectivity index (χ2n) is 3.53. The fraction of sp³-hybridized carbons (Fsp3) is 0.417. The van der Waals surface area contributed by atoms with E-state index in [-0.39, 0.29) is 11.8 Å². The molecule has 0 unspecified atom stereocenters. The van der Waals surface area contributed by atoms with Crippen molar-refractivity contribution in [2.75, 3.05) is 32.0 Å². The molecule has 0 spiro atoms. The molecule has 0 N–H and O–H groups in total. The van der Waals surface area contributed by atoms with Crippen molar-refractivity contribution in [2.45, 2.75) is 6.92 Å². The minimum Gasteiger partial charge on any atom is -0.496 e. The van der Waals surface area contributed by atoms with Crippen LogP contribution in [0.25, 0.3) is 0 Å². The molecular formula is C12H16ClNO3. The standard InChI is InChI=1S/C12H16ClNO3/c1-8-10(16-3)6-5-9(12(8)17-4)14(2)11(15)7-13/h5-6H,7H2,1-4H3. The number of halogens is 1. The minimum atomic E-state index is -0.186. The molecular weight excluding hydrogens is 242 g/mol. The molecule has 1 rings (SSSR count). The summed E-state index contributed by atoms with van der Waals surface area (Å²) in [5.41, 5.74) is 1.53. The van der Waals surface area contributed by atoms with Crippen LogP contribution in [-0.4, -0.2) is 33.1 Å². The van der Waals surface area contributed by atoms with Crippen LogP contribution in [0.1, 0.15) is 5.56 Å². The Labute approximate surface area is 106 Å². The van der Waals surface area contributed by atoms with Crippen LogP contribution in [0.15, 0.2) is 12.1 Å². The van der Waals surface area contributed by atoms with E-state index in [1.807, 2.05) is 6.92 Å². The number of hydrogen-bond acceptors (Lipinski definition) is 3. The lowest BCUT2D eigenvalue weighted by Crippen LogP contribution is -2.27. The minimum absolute atomic E-state index is 0.0648. The Morgan fingerprint density at radius 3 is 2.47 bits per heavy atom. The predicted molar refractivity (Wildman–Crippen MR) is 68.4 cm³/mol. The lowest BCUT2D eigenvalue weighted by molar-refractivity contribution is -0.116. The molecule has 4 nitrogen and oxygen atoms in total. The summed E-state index contributed by atoms with van der Waals surface area (Å²) in [4.78, 5) is 13.0. The summed E-state index contributed by atoms with van der Waals surface area (Å²) in [6, 6.07) is 3.57. The van der Waals surface area contributed by atoms with Crippen molar-refractivity contribution in [3.63, 3.8) is 0 Å². The Hall–Kier alpha value is -1.42. The van der Waals surface area contributed by atoms with Gasteiger partial charge in [0.15, 0.2) is 0 Å². The van der Waals surface area contributed by atoms with E-state index < -0.39 is 0 Å². The number of alkyl halides is 1. The van der Waals surface area contributed by atoms with Gasteiger partial charge >= 0.3 is 0 Å². The zero-order valence-electron chi connectivity index (χ0n) is 10.4. The van der Waals surface area contributed by atoms with Crippen molar-refractivity contribution in [2.24, 2.45) is 0 Å². The van der Waals surface area contributed by atoms with E-state index >= 15 is 0 Å². The monoisotopic (exact) mass is 257 g/mol. The van der Waals surface area contributed by atoms with E-state index in [9.17, 15) is 4.79 Å². The maximum atomic E-state index is 11.6. The molecule has 0 aliphatic heterocycles. The maximum Gasteiger partial charge on any atom is 0.241 e. The van der Waals surface area contributed by atoms with Gasteiger partial charge in [0.1, 0.15) is 17.4 Å². The van der Waals surface area contributed by atoms with Crippen LogP contribution >= 0.6 is 11.6 Å². The molecule has 0 saturated carbocycles. The largest absolute Gasteiger partial charge is 0.496 e. The van der Waals surface area contributed by atoms with Gasteiger partial charge in [-0.1, -0.05) is 0 Å². The smallest absolute Gasteiger partial charge is 0.241 e. The SMILES string of the molecule is COc1ccc(N(C)C(=O)CCl)c(OC)c1C. The van der Waals surface area contributed by atoms with Gasteiger partial charge in [0.2, 0.25) is 5.91 Å². The van der Waals surface area contributed by atoms with Crippen LogP contribution in [-0.2, 0) is 4.79 Å². The maximum absolute atomic E-state index is 11.6. The van der Waals surface area contributed by atoms with Crippen molar-refractivity contribution in [1.82, 2.24) is 0 Å². The van der Waals surface area contributed by atoms with Crippen molar-refractivity contribution >= 4 is 23.2 Å². The first-order chi connectivity index (χ1) is 8.06. The molecule has 0 saturated heterocycles. The van der Waals surface area contributed by atoms with Gasteiger partial charge in [-0.05, 0) is 19.1 Å². The highest BCUT2D eigenvalue weighted by Crippen LogP contribution is 2.36. The molecule has 94 valence electrons. The molecule has 0 radical (unpaired) electrons. The quantitative estimate of drug-likeness (QED) is 0.777. The van der Waals surface area contributed by atoms with E-state index in [0.29, 0.717) is 11.4 Å². The van der Waals surface area contributed by atoms with Gasteiger partial charge in [-0.2, -0.15) is 0 Å². The average Bonchev–Trinajstić information content (AvgIpc) is 2.36. The van der Waals surface area contributed by atoms with Crippen LogP contribution in [0.4, 0.5) is 5.69 Å². The van der Waals surface area contributed by atoms with Crippen molar-refractivity contribution in [1.29, 1.82) is 0 Å². The third-order valence-corrected chi connectivity index (χ3v) is 2.84. The van der Waals surface area contributed by atoms with E-state index in [2.05, 4.69) is 0 Å². The fourth-order valence-corrected chi connectivity index (χ4v) is 1.81. The van der Waals surface area contributed by atoms with Crippen molar-refractivity contribution in [3.05, 3.63) is 17.7 Å². The summed E-state index contributed by atoms with van der Waals surface area (Å²) in [5, 5.41) is 0. The number of ether oxygens (including phenoxy) is 2. The highest BCUT2D eigenvalue weighted by Gasteiger charge is 2.17. The first kappa shape index (κ1) is 13.6. The number of hydrogen-bond donors (Lipinski definition) is 0. The zero-order chi connectivity index (χ0) is 13.0. The lowest BCUT2D eigenvalue weighted by atomic mass is 10.1. The van der Waals surface area contributed by atoms with Crippen molar-refractivity contribution < 1.29 is 14.3 Å². The topological polar surface area (TPSA) is 38.8 Å². The highest BCUT2D eigenvalue weighted by atomic mass is 35.5. The number of amides is 1. The molecule has 0 aromatic heterocycles. The van der Waals surface area contributed by atoms with Crippen LogP contribution in [0.3, 0.4) is 0 Å². The Morgan fingerprint density at radius 1 is 1.35 bits per heavy atom. The van der Waals surface area contributed by atoms with Crippen LogP contribution in [0, 0.1) is 6.92 Å². The molecule has 0 bridgehead atoms. The molecule has 17 heavy (non-hydrogen) atoms. The summed E-state index contributed by atoms with van der Waals surface area (Å²) in [6.45, 7) is 1.88. The van der Waals surface area contributed by atoms with E-state index in [0.717, 1.165) is 11.3 Å². The Bertz CT molecular complexity index is 420. The van der Waals surface area contributed by atoms with Gasteiger partial charge in [0, 0.05) is 12.6 Å². The van der Waals surface area contributed by atoms with Gasteiger partial charge in [-0.25, -0.2) is 0 Å². The number of nitrogens with zero attached hydrogens (tertiary/aromatic N) is 1. The van der Waals surface area contributed by atoms with E-state index in [1.54, 1.807) is 33.4 Å². The first-order valence-corrected chi connectivity index (χ1v) is 5.64. The molecule has 0 heterocycles. The Morgan fingerprint density at radius 2 is 2.00 bits per heavy atom. The molecule has 1 amide bonds. The summed E-state index contributed by atoms with van der Waals surface area (Å²) >= 11 is 5.53. The van der Waals surface area contributed by atoms with Crippen LogP contribution in [0.2, 0.25) is 0 Å². The Kier molecular flexibility index (Phi) is 4.63. The van der Waals surface area contributed by atoms with E-state index in [4.69, 9.17) is 21.1 Å². The van der Waals surface area contributed by atoms with Crippen LogP contribution < -0.4 is 14.4 Å². The molecule has 0 atom stereocenters. The zero-order valence-corrected chi connectivity index (χ0v) is 11.2. The summed E-state index contributed by atoms with van der Waals surface area (Å²) in [5.74, 6) is 1.09. The predicted octanol–water partition coefficient (Wildman–Crippen LogP) is 2.21. The van der Waals surface area contributed by atoms with Gasteiger partial charge in [-0.15, -0.1) is 11.6 Å². The summed E-state index contributed by atoms with van der Waals surface area (Å²) in [7, 11) is 4.81. The number of benzene rings is 1. The molecule has 1 aromatic rings. The first-order valence-electron chi connectivity index (χ1n) is 5.10. The van der Waals surface area contributed by atoms with E-state index in [1.165, 1.54) is 4.90 Å². The fourth-order valence-electron chi connectivity index (χ4n) is 1.63. The number of rotatable bonds is 4. The van der Waals surface area contributed by atoms with Gasteiger partial charge in [-0.3, -0.25) is 4.79 Å².